The quantitative estimate of drug-likeness (QED) is 0.117. The van der Waals surface area contributed by atoms with Gasteiger partial charge in [0.15, 0.2) is 6.29 Å². The monoisotopic (exact) mass is 616 g/mol. The van der Waals surface area contributed by atoms with Gasteiger partial charge in [0.1, 0.15) is 17.2 Å². The Bertz CT molecular complexity index is 1470. The van der Waals surface area contributed by atoms with Crippen LogP contribution in [0.3, 0.4) is 0 Å². The molecule has 0 aliphatic rings. The standard InChI is InChI=1S/C19H27N3O3.C15H17N3O2/c1-6-24-19(25-7-2)18-9-8-14(13-20-18)21-15-10-16(22(3)4)12-17(11-15)23-5;1-18(2)14-6-13(7-15(8-14)20-3)17-11-4-5-12(10-19)16-9-11/h8-13,19,21H,6-7H2,1-5H3;4-10,17H,1-3H3. The molecule has 45 heavy (non-hydrogen) atoms. The summed E-state index contributed by atoms with van der Waals surface area (Å²) >= 11 is 0. The molecule has 4 rings (SSSR count). The minimum atomic E-state index is -0.429. The van der Waals surface area contributed by atoms with E-state index in [0.717, 1.165) is 57.6 Å². The number of methoxy groups -OCH3 is 2. The Labute approximate surface area is 266 Å². The van der Waals surface area contributed by atoms with Gasteiger partial charge in [-0.05, 0) is 50.2 Å². The van der Waals surface area contributed by atoms with E-state index in [9.17, 15) is 4.79 Å². The first-order valence-electron chi connectivity index (χ1n) is 14.6. The first kappa shape index (κ1) is 34.6. The smallest absolute Gasteiger partial charge is 0.201 e. The van der Waals surface area contributed by atoms with Gasteiger partial charge in [-0.3, -0.25) is 14.8 Å². The molecular weight excluding hydrogens is 572 g/mol. The molecule has 0 saturated carbocycles. The van der Waals surface area contributed by atoms with Crippen LogP contribution in [0.25, 0.3) is 0 Å². The second-order valence-corrected chi connectivity index (χ2v) is 10.2. The van der Waals surface area contributed by atoms with Crippen molar-refractivity contribution < 1.29 is 23.7 Å². The van der Waals surface area contributed by atoms with E-state index in [0.29, 0.717) is 18.9 Å². The maximum absolute atomic E-state index is 10.6. The van der Waals surface area contributed by atoms with Crippen molar-refractivity contribution >= 4 is 40.4 Å². The number of carbonyl (C=O) groups is 1. The van der Waals surface area contributed by atoms with Gasteiger partial charge in [0.2, 0.25) is 6.29 Å². The van der Waals surface area contributed by atoms with E-state index >= 15 is 0 Å². The average Bonchev–Trinajstić information content (AvgIpc) is 3.05. The van der Waals surface area contributed by atoms with Crippen LogP contribution in [-0.2, 0) is 9.47 Å². The minimum absolute atomic E-state index is 0.412. The molecule has 0 atom stereocenters. The summed E-state index contributed by atoms with van der Waals surface area (Å²) in [6.45, 7) is 5.02. The topological polar surface area (TPSA) is 110 Å². The second kappa shape index (κ2) is 17.4. The Hall–Kier alpha value is -4.87. The van der Waals surface area contributed by atoms with Crippen LogP contribution in [0, 0.1) is 0 Å². The Morgan fingerprint density at radius 1 is 0.689 bits per heavy atom. The van der Waals surface area contributed by atoms with Crippen molar-refractivity contribution in [2.45, 2.75) is 20.1 Å². The maximum atomic E-state index is 10.6. The Morgan fingerprint density at radius 2 is 1.18 bits per heavy atom. The lowest BCUT2D eigenvalue weighted by molar-refractivity contribution is -0.142. The van der Waals surface area contributed by atoms with E-state index < -0.39 is 6.29 Å². The van der Waals surface area contributed by atoms with Crippen LogP contribution < -0.4 is 29.9 Å². The molecule has 2 heterocycles. The van der Waals surface area contributed by atoms with E-state index in [1.165, 1.54) is 0 Å². The van der Waals surface area contributed by atoms with E-state index in [1.807, 2.05) is 100 Å². The van der Waals surface area contributed by atoms with Crippen molar-refractivity contribution in [3.05, 3.63) is 84.4 Å². The zero-order valence-electron chi connectivity index (χ0n) is 27.3. The van der Waals surface area contributed by atoms with Crippen molar-refractivity contribution in [1.82, 2.24) is 9.97 Å². The molecule has 240 valence electrons. The van der Waals surface area contributed by atoms with Gasteiger partial charge in [0.25, 0.3) is 0 Å². The molecule has 0 bridgehead atoms. The molecule has 0 aliphatic heterocycles. The predicted molar refractivity (Wildman–Crippen MR) is 181 cm³/mol. The van der Waals surface area contributed by atoms with Crippen LogP contribution in [0.1, 0.15) is 36.3 Å². The highest BCUT2D eigenvalue weighted by Crippen LogP contribution is 2.29. The van der Waals surface area contributed by atoms with E-state index in [-0.39, 0.29) is 0 Å². The van der Waals surface area contributed by atoms with Gasteiger partial charge < -0.3 is 39.4 Å². The van der Waals surface area contributed by atoms with Crippen molar-refractivity contribution in [2.75, 3.05) is 76.1 Å². The third-order valence-electron chi connectivity index (χ3n) is 6.44. The van der Waals surface area contributed by atoms with E-state index in [4.69, 9.17) is 18.9 Å². The Morgan fingerprint density at radius 3 is 1.53 bits per heavy atom. The SMILES string of the molecule is CCOC(OCC)c1ccc(Nc2cc(OC)cc(N(C)C)c2)cn1.COc1cc(Nc2ccc(C=O)nc2)cc(N(C)C)c1. The zero-order valence-corrected chi connectivity index (χ0v) is 27.3. The third kappa shape index (κ3) is 10.7. The molecule has 0 amide bonds. The summed E-state index contributed by atoms with van der Waals surface area (Å²) in [6, 6.07) is 19.2. The second-order valence-electron chi connectivity index (χ2n) is 10.2. The summed E-state index contributed by atoms with van der Waals surface area (Å²) in [5, 5.41) is 6.59. The number of benzene rings is 2. The lowest BCUT2D eigenvalue weighted by Crippen LogP contribution is -2.10. The van der Waals surface area contributed by atoms with Gasteiger partial charge in [-0.25, -0.2) is 0 Å². The van der Waals surface area contributed by atoms with Crippen LogP contribution in [0.4, 0.5) is 34.1 Å². The molecule has 4 aromatic rings. The fourth-order valence-corrected chi connectivity index (χ4v) is 4.09. The average molecular weight is 617 g/mol. The molecule has 11 nitrogen and oxygen atoms in total. The van der Waals surface area contributed by atoms with Gasteiger partial charge in [0, 0.05) is 88.4 Å². The van der Waals surface area contributed by atoms with Crippen molar-refractivity contribution in [2.24, 2.45) is 0 Å². The van der Waals surface area contributed by atoms with Crippen LogP contribution in [0.5, 0.6) is 11.5 Å². The molecule has 0 fully saturated rings. The van der Waals surface area contributed by atoms with Crippen LogP contribution in [0.2, 0.25) is 0 Å². The molecule has 0 unspecified atom stereocenters. The molecule has 0 radical (unpaired) electrons. The highest BCUT2D eigenvalue weighted by Gasteiger charge is 2.13. The number of anilines is 6. The van der Waals surface area contributed by atoms with Gasteiger partial charge in [-0.1, -0.05) is 0 Å². The van der Waals surface area contributed by atoms with Crippen LogP contribution >= 0.6 is 0 Å². The number of hydrogen-bond acceptors (Lipinski definition) is 11. The highest BCUT2D eigenvalue weighted by molar-refractivity contribution is 5.73. The molecule has 2 aromatic carbocycles. The van der Waals surface area contributed by atoms with Crippen molar-refractivity contribution in [1.29, 1.82) is 0 Å². The summed E-state index contributed by atoms with van der Waals surface area (Å²) < 4.78 is 21.8. The molecule has 2 aromatic heterocycles. The van der Waals surface area contributed by atoms with Crippen molar-refractivity contribution in [3.8, 4) is 11.5 Å². The van der Waals surface area contributed by atoms with Crippen LogP contribution in [0.15, 0.2) is 73.1 Å². The fourth-order valence-electron chi connectivity index (χ4n) is 4.09. The molecule has 2 N–H and O–H groups in total. The number of ether oxygens (including phenoxy) is 4. The summed E-state index contributed by atoms with van der Waals surface area (Å²) in [7, 11) is 11.2. The van der Waals surface area contributed by atoms with Crippen LogP contribution in [-0.4, -0.2) is 71.9 Å². The number of nitrogens with one attached hydrogen (secondary N) is 2. The summed E-state index contributed by atoms with van der Waals surface area (Å²) in [5.74, 6) is 1.57. The van der Waals surface area contributed by atoms with Gasteiger partial charge in [-0.2, -0.15) is 0 Å². The largest absolute Gasteiger partial charge is 0.497 e. The molecule has 0 aliphatic carbocycles. The van der Waals surface area contributed by atoms with E-state index in [2.05, 4.69) is 26.7 Å². The van der Waals surface area contributed by atoms with Gasteiger partial charge in [0.05, 0.1) is 43.7 Å². The summed E-state index contributed by atoms with van der Waals surface area (Å²) in [6.07, 6.45) is 3.69. The maximum Gasteiger partial charge on any atom is 0.201 e. The lowest BCUT2D eigenvalue weighted by atomic mass is 10.2. The minimum Gasteiger partial charge on any atom is -0.497 e. The molecule has 0 spiro atoms. The number of hydrogen-bond donors (Lipinski definition) is 2. The predicted octanol–water partition coefficient (Wildman–Crippen LogP) is 6.68. The number of pyridine rings is 2. The third-order valence-corrected chi connectivity index (χ3v) is 6.44. The number of aromatic nitrogens is 2. The highest BCUT2D eigenvalue weighted by atomic mass is 16.7. The first-order valence-corrected chi connectivity index (χ1v) is 14.6. The summed E-state index contributed by atoms with van der Waals surface area (Å²) in [4.78, 5) is 23.1. The number of nitrogens with zero attached hydrogens (tertiary/aromatic N) is 4. The number of carbonyl (C=O) groups excluding carboxylic acids is 1. The lowest BCUT2D eigenvalue weighted by Gasteiger charge is -2.18. The molecule has 0 saturated heterocycles. The number of rotatable bonds is 14. The Balaban J connectivity index is 0.000000251. The van der Waals surface area contributed by atoms with E-state index in [1.54, 1.807) is 32.7 Å². The van der Waals surface area contributed by atoms with Crippen molar-refractivity contribution in [3.63, 3.8) is 0 Å². The Kier molecular flexibility index (Phi) is 13.4. The fraction of sp³-hybridized carbons (Fsp3) is 0.324. The zero-order chi connectivity index (χ0) is 32.8. The molecule has 11 heteroatoms. The number of aldehydes is 1. The van der Waals surface area contributed by atoms with Gasteiger partial charge in [-0.15, -0.1) is 0 Å². The normalized spacial score (nSPS) is 10.4. The van der Waals surface area contributed by atoms with Gasteiger partial charge >= 0.3 is 0 Å². The summed E-state index contributed by atoms with van der Waals surface area (Å²) in [5.41, 5.74) is 6.78. The molecular formula is C34H44N6O5. The first-order chi connectivity index (χ1) is 21.7.